The number of hydrogen-bond donors (Lipinski definition) is 1. The van der Waals surface area contributed by atoms with E-state index in [0.717, 1.165) is 5.56 Å². The molecule has 0 unspecified atom stereocenters. The summed E-state index contributed by atoms with van der Waals surface area (Å²) < 4.78 is 28.2. The molecular formula is C10H12F2O2. The van der Waals surface area contributed by atoms with Crippen molar-refractivity contribution in [1.29, 1.82) is 0 Å². The predicted octanol–water partition coefficient (Wildman–Crippen LogP) is 2.65. The summed E-state index contributed by atoms with van der Waals surface area (Å²) in [6.45, 7) is 0.459. The average Bonchev–Trinajstić information content (AvgIpc) is 2.07. The van der Waals surface area contributed by atoms with Crippen LogP contribution >= 0.6 is 0 Å². The number of rotatable bonds is 3. The SMILES string of the molecule is Cc1ccc(OC(F)F)c([C@H](C)O)c1. The Morgan fingerprint density at radius 3 is 2.50 bits per heavy atom. The van der Waals surface area contributed by atoms with Gasteiger partial charge in [0.1, 0.15) is 5.75 Å². The summed E-state index contributed by atoms with van der Waals surface area (Å²) in [5, 5.41) is 9.32. The third-order valence-corrected chi connectivity index (χ3v) is 1.83. The summed E-state index contributed by atoms with van der Waals surface area (Å²) in [7, 11) is 0. The minimum Gasteiger partial charge on any atom is -0.434 e. The Bertz CT molecular complexity index is 311. The van der Waals surface area contributed by atoms with Crippen LogP contribution in [0.15, 0.2) is 18.2 Å². The molecule has 1 aromatic carbocycles. The maximum atomic E-state index is 12.0. The van der Waals surface area contributed by atoms with E-state index in [1.807, 2.05) is 6.92 Å². The molecule has 1 atom stereocenters. The van der Waals surface area contributed by atoms with Crippen molar-refractivity contribution in [2.45, 2.75) is 26.6 Å². The average molecular weight is 202 g/mol. The van der Waals surface area contributed by atoms with Crippen molar-refractivity contribution in [1.82, 2.24) is 0 Å². The van der Waals surface area contributed by atoms with Crippen molar-refractivity contribution >= 4 is 0 Å². The number of alkyl halides is 2. The summed E-state index contributed by atoms with van der Waals surface area (Å²) in [5.74, 6) is 0.0283. The van der Waals surface area contributed by atoms with E-state index < -0.39 is 12.7 Å². The van der Waals surface area contributed by atoms with Gasteiger partial charge in [-0.25, -0.2) is 0 Å². The van der Waals surface area contributed by atoms with Gasteiger partial charge in [-0.15, -0.1) is 0 Å². The first-order valence-corrected chi connectivity index (χ1v) is 4.24. The van der Waals surface area contributed by atoms with Gasteiger partial charge in [-0.3, -0.25) is 0 Å². The summed E-state index contributed by atoms with van der Waals surface area (Å²) in [4.78, 5) is 0. The van der Waals surface area contributed by atoms with Gasteiger partial charge in [-0.2, -0.15) is 8.78 Å². The topological polar surface area (TPSA) is 29.5 Å². The highest BCUT2D eigenvalue weighted by Gasteiger charge is 2.12. The highest BCUT2D eigenvalue weighted by atomic mass is 19.3. The Morgan fingerprint density at radius 1 is 1.36 bits per heavy atom. The Hall–Kier alpha value is -1.16. The summed E-state index contributed by atoms with van der Waals surface area (Å²) in [6, 6.07) is 4.72. The van der Waals surface area contributed by atoms with Gasteiger partial charge in [0, 0.05) is 5.56 Å². The monoisotopic (exact) mass is 202 g/mol. The lowest BCUT2D eigenvalue weighted by Crippen LogP contribution is -2.06. The van der Waals surface area contributed by atoms with E-state index in [0.29, 0.717) is 5.56 Å². The standard InChI is InChI=1S/C10H12F2O2/c1-6-3-4-9(14-10(11)12)8(5-6)7(2)13/h3-5,7,10,13H,1-2H3/t7-/m0/s1. The minimum absolute atomic E-state index is 0.0283. The maximum absolute atomic E-state index is 12.0. The zero-order chi connectivity index (χ0) is 10.7. The van der Waals surface area contributed by atoms with E-state index in [2.05, 4.69) is 4.74 Å². The molecule has 1 aromatic rings. The van der Waals surface area contributed by atoms with Crippen LogP contribution in [0.5, 0.6) is 5.75 Å². The number of ether oxygens (including phenoxy) is 1. The van der Waals surface area contributed by atoms with Gasteiger partial charge in [0.25, 0.3) is 0 Å². The molecule has 1 N–H and O–H groups in total. The maximum Gasteiger partial charge on any atom is 0.387 e. The number of hydrogen-bond acceptors (Lipinski definition) is 2. The van der Waals surface area contributed by atoms with Crippen molar-refractivity contribution < 1.29 is 18.6 Å². The van der Waals surface area contributed by atoms with Crippen LogP contribution in [0.2, 0.25) is 0 Å². The summed E-state index contributed by atoms with van der Waals surface area (Å²) >= 11 is 0. The molecule has 0 fully saturated rings. The van der Waals surface area contributed by atoms with Gasteiger partial charge in [-0.1, -0.05) is 11.6 Å². The van der Waals surface area contributed by atoms with Crippen LogP contribution < -0.4 is 4.74 Å². The molecule has 4 heteroatoms. The van der Waals surface area contributed by atoms with E-state index in [4.69, 9.17) is 0 Å². The summed E-state index contributed by atoms with van der Waals surface area (Å²) in [6.07, 6.45) is -0.816. The first-order valence-electron chi connectivity index (χ1n) is 4.24. The van der Waals surface area contributed by atoms with E-state index in [1.165, 1.54) is 13.0 Å². The molecule has 78 valence electrons. The predicted molar refractivity (Wildman–Crippen MR) is 48.4 cm³/mol. The fraction of sp³-hybridized carbons (Fsp3) is 0.400. The lowest BCUT2D eigenvalue weighted by Gasteiger charge is -2.13. The summed E-state index contributed by atoms with van der Waals surface area (Å²) in [5.41, 5.74) is 1.27. The Balaban J connectivity index is 3.02. The molecule has 0 aromatic heterocycles. The zero-order valence-electron chi connectivity index (χ0n) is 8.00. The Morgan fingerprint density at radius 2 is 2.00 bits per heavy atom. The lowest BCUT2D eigenvalue weighted by atomic mass is 10.1. The lowest BCUT2D eigenvalue weighted by molar-refractivity contribution is -0.0514. The molecule has 0 heterocycles. The van der Waals surface area contributed by atoms with Gasteiger partial charge >= 0.3 is 6.61 Å². The molecule has 0 spiro atoms. The molecule has 1 rings (SSSR count). The molecule has 2 nitrogen and oxygen atoms in total. The molecule has 0 amide bonds. The molecule has 0 aliphatic rings. The van der Waals surface area contributed by atoms with E-state index >= 15 is 0 Å². The number of aliphatic hydroxyl groups excluding tert-OH is 1. The molecule has 0 saturated carbocycles. The van der Waals surface area contributed by atoms with Crippen LogP contribution in [0.3, 0.4) is 0 Å². The van der Waals surface area contributed by atoms with Crippen LogP contribution in [0.25, 0.3) is 0 Å². The second-order valence-corrected chi connectivity index (χ2v) is 3.10. The van der Waals surface area contributed by atoms with E-state index in [-0.39, 0.29) is 5.75 Å². The van der Waals surface area contributed by atoms with Gasteiger partial charge < -0.3 is 9.84 Å². The molecular weight excluding hydrogens is 190 g/mol. The third-order valence-electron chi connectivity index (χ3n) is 1.83. The smallest absolute Gasteiger partial charge is 0.387 e. The largest absolute Gasteiger partial charge is 0.434 e. The van der Waals surface area contributed by atoms with E-state index in [9.17, 15) is 13.9 Å². The normalized spacial score (nSPS) is 13.0. The van der Waals surface area contributed by atoms with Crippen LogP contribution in [0, 0.1) is 6.92 Å². The first-order chi connectivity index (χ1) is 6.50. The highest BCUT2D eigenvalue weighted by molar-refractivity contribution is 5.38. The van der Waals surface area contributed by atoms with Gasteiger partial charge in [0.2, 0.25) is 0 Å². The Kier molecular flexibility index (Phi) is 3.41. The van der Waals surface area contributed by atoms with Crippen LogP contribution in [-0.4, -0.2) is 11.7 Å². The minimum atomic E-state index is -2.87. The molecule has 0 radical (unpaired) electrons. The third kappa shape index (κ3) is 2.67. The number of aryl methyl sites for hydroxylation is 1. The molecule has 0 aliphatic carbocycles. The molecule has 0 aliphatic heterocycles. The van der Waals surface area contributed by atoms with Crippen molar-refractivity contribution in [2.75, 3.05) is 0 Å². The van der Waals surface area contributed by atoms with Gasteiger partial charge in [0.05, 0.1) is 6.10 Å². The second kappa shape index (κ2) is 4.37. The zero-order valence-corrected chi connectivity index (χ0v) is 8.00. The first kappa shape index (κ1) is 10.9. The number of benzene rings is 1. The van der Waals surface area contributed by atoms with Crippen molar-refractivity contribution in [3.63, 3.8) is 0 Å². The van der Waals surface area contributed by atoms with Crippen molar-refractivity contribution in [3.05, 3.63) is 29.3 Å². The second-order valence-electron chi connectivity index (χ2n) is 3.10. The van der Waals surface area contributed by atoms with Gasteiger partial charge in [0.15, 0.2) is 0 Å². The number of aliphatic hydroxyl groups is 1. The Labute approximate surface area is 81.1 Å². The number of halogens is 2. The van der Waals surface area contributed by atoms with Gasteiger partial charge in [-0.05, 0) is 26.0 Å². The van der Waals surface area contributed by atoms with Crippen LogP contribution in [-0.2, 0) is 0 Å². The quantitative estimate of drug-likeness (QED) is 0.816. The molecule has 0 saturated heterocycles. The van der Waals surface area contributed by atoms with Crippen molar-refractivity contribution in [2.24, 2.45) is 0 Å². The fourth-order valence-electron chi connectivity index (χ4n) is 1.20. The molecule has 14 heavy (non-hydrogen) atoms. The highest BCUT2D eigenvalue weighted by Crippen LogP contribution is 2.27. The van der Waals surface area contributed by atoms with E-state index in [1.54, 1.807) is 12.1 Å². The fourth-order valence-corrected chi connectivity index (χ4v) is 1.20. The van der Waals surface area contributed by atoms with Crippen LogP contribution in [0.4, 0.5) is 8.78 Å². The molecule has 0 bridgehead atoms. The van der Waals surface area contributed by atoms with Crippen LogP contribution in [0.1, 0.15) is 24.2 Å². The van der Waals surface area contributed by atoms with Crippen molar-refractivity contribution in [3.8, 4) is 5.75 Å².